The van der Waals surface area contributed by atoms with Gasteiger partial charge in [-0.1, -0.05) is 18.7 Å². The molecule has 0 amide bonds. The molecule has 1 N–H and O–H groups in total. The van der Waals surface area contributed by atoms with Gasteiger partial charge in [-0.2, -0.15) is 0 Å². The van der Waals surface area contributed by atoms with Crippen LogP contribution in [0, 0.1) is 6.92 Å². The first-order chi connectivity index (χ1) is 7.79. The molecule has 1 fully saturated rings. The van der Waals surface area contributed by atoms with Gasteiger partial charge in [-0.25, -0.2) is 4.98 Å². The third-order valence-electron chi connectivity index (χ3n) is 2.62. The van der Waals surface area contributed by atoms with Gasteiger partial charge in [-0.05, 0) is 19.9 Å². The van der Waals surface area contributed by atoms with Crippen LogP contribution in [-0.2, 0) is 4.74 Å². The molecule has 0 radical (unpaired) electrons. The average Bonchev–Trinajstić information content (AvgIpc) is 2.67. The Morgan fingerprint density at radius 2 is 2.56 bits per heavy atom. The fourth-order valence-corrected chi connectivity index (χ4v) is 4.11. The first-order valence-corrected chi connectivity index (χ1v) is 7.45. The van der Waals surface area contributed by atoms with E-state index >= 15 is 0 Å². The molecule has 0 aromatic carbocycles. The molecular formula is C11H18N2OS2. The zero-order valence-electron chi connectivity index (χ0n) is 9.73. The van der Waals surface area contributed by atoms with E-state index in [-0.39, 0.29) is 0 Å². The highest BCUT2D eigenvalue weighted by Gasteiger charge is 2.26. The van der Waals surface area contributed by atoms with Crippen LogP contribution in [0.2, 0.25) is 0 Å². The molecule has 1 aromatic heterocycles. The van der Waals surface area contributed by atoms with Crippen LogP contribution in [0.4, 0.5) is 0 Å². The van der Waals surface area contributed by atoms with E-state index in [1.54, 1.807) is 11.3 Å². The van der Waals surface area contributed by atoms with E-state index in [1.807, 2.05) is 18.7 Å². The second-order valence-corrected chi connectivity index (χ2v) is 6.28. The van der Waals surface area contributed by atoms with Gasteiger partial charge < -0.3 is 10.1 Å². The Kier molecular flexibility index (Phi) is 4.64. The number of hydrogen-bond acceptors (Lipinski definition) is 5. The molecular weight excluding hydrogens is 240 g/mol. The molecule has 0 saturated carbocycles. The van der Waals surface area contributed by atoms with Crippen molar-refractivity contribution in [2.24, 2.45) is 0 Å². The Labute approximate surface area is 105 Å². The molecule has 16 heavy (non-hydrogen) atoms. The minimum Gasteiger partial charge on any atom is -0.380 e. The number of ether oxygens (including phenoxy) is 1. The van der Waals surface area contributed by atoms with Crippen LogP contribution < -0.4 is 5.32 Å². The lowest BCUT2D eigenvalue weighted by Crippen LogP contribution is -2.44. The maximum atomic E-state index is 5.55. The van der Waals surface area contributed by atoms with Crippen molar-refractivity contribution in [1.82, 2.24) is 10.3 Å². The van der Waals surface area contributed by atoms with Crippen LogP contribution in [0.15, 0.2) is 9.72 Å². The number of rotatable bonds is 4. The van der Waals surface area contributed by atoms with Gasteiger partial charge in [0.15, 0.2) is 4.34 Å². The standard InChI is InChI=1S/C11H18N2OS2/c1-3-12-9-4-5-14-6-10(9)16-11-13-8(2)7-15-11/h7,9-10,12H,3-6H2,1-2H3. The largest absolute Gasteiger partial charge is 0.380 e. The highest BCUT2D eigenvalue weighted by atomic mass is 32.2. The summed E-state index contributed by atoms with van der Waals surface area (Å²) in [4.78, 5) is 4.50. The van der Waals surface area contributed by atoms with E-state index in [4.69, 9.17) is 4.74 Å². The van der Waals surface area contributed by atoms with Crippen LogP contribution >= 0.6 is 23.1 Å². The summed E-state index contributed by atoms with van der Waals surface area (Å²) in [5, 5.41) is 6.14. The summed E-state index contributed by atoms with van der Waals surface area (Å²) in [6.45, 7) is 6.94. The minimum atomic E-state index is 0.499. The fourth-order valence-electron chi connectivity index (χ4n) is 1.84. The van der Waals surface area contributed by atoms with Crippen molar-refractivity contribution in [2.45, 2.75) is 35.9 Å². The van der Waals surface area contributed by atoms with Gasteiger partial charge in [0.1, 0.15) is 0 Å². The lowest BCUT2D eigenvalue weighted by atomic mass is 10.1. The van der Waals surface area contributed by atoms with E-state index in [1.165, 1.54) is 0 Å². The van der Waals surface area contributed by atoms with Crippen molar-refractivity contribution in [3.8, 4) is 0 Å². The Morgan fingerprint density at radius 3 is 3.25 bits per heavy atom. The summed E-state index contributed by atoms with van der Waals surface area (Å²) < 4.78 is 6.72. The summed E-state index contributed by atoms with van der Waals surface area (Å²) in [7, 11) is 0. The second kappa shape index (κ2) is 6.00. The van der Waals surface area contributed by atoms with Crippen molar-refractivity contribution in [3.05, 3.63) is 11.1 Å². The predicted molar refractivity (Wildman–Crippen MR) is 69.4 cm³/mol. The van der Waals surface area contributed by atoms with Crippen molar-refractivity contribution in [3.63, 3.8) is 0 Å². The number of nitrogens with one attached hydrogen (secondary N) is 1. The van der Waals surface area contributed by atoms with Crippen molar-refractivity contribution < 1.29 is 4.74 Å². The first-order valence-electron chi connectivity index (χ1n) is 5.69. The molecule has 2 unspecified atom stereocenters. The van der Waals surface area contributed by atoms with Crippen molar-refractivity contribution >= 4 is 23.1 Å². The molecule has 90 valence electrons. The quantitative estimate of drug-likeness (QED) is 0.898. The third kappa shape index (κ3) is 3.20. The third-order valence-corrected chi connectivity index (χ3v) is 5.01. The summed E-state index contributed by atoms with van der Waals surface area (Å²) in [5.41, 5.74) is 1.12. The van der Waals surface area contributed by atoms with Crippen LogP contribution in [0.3, 0.4) is 0 Å². The molecule has 3 nitrogen and oxygen atoms in total. The van der Waals surface area contributed by atoms with E-state index in [0.29, 0.717) is 11.3 Å². The molecule has 0 aliphatic carbocycles. The Hall–Kier alpha value is -0.100. The molecule has 1 aliphatic rings. The number of aryl methyl sites for hydroxylation is 1. The van der Waals surface area contributed by atoms with Gasteiger partial charge in [0, 0.05) is 23.7 Å². The van der Waals surface area contributed by atoms with Crippen molar-refractivity contribution in [2.75, 3.05) is 19.8 Å². The maximum absolute atomic E-state index is 5.55. The summed E-state index contributed by atoms with van der Waals surface area (Å²) in [5.74, 6) is 0. The molecule has 1 aromatic rings. The fraction of sp³-hybridized carbons (Fsp3) is 0.727. The summed E-state index contributed by atoms with van der Waals surface area (Å²) >= 11 is 3.59. The van der Waals surface area contributed by atoms with Gasteiger partial charge in [0.25, 0.3) is 0 Å². The molecule has 1 aliphatic heterocycles. The SMILES string of the molecule is CCNC1CCOCC1Sc1nc(C)cs1. The molecule has 2 heterocycles. The van der Waals surface area contributed by atoms with E-state index in [2.05, 4.69) is 22.6 Å². The van der Waals surface area contributed by atoms with Gasteiger partial charge in [0.05, 0.1) is 11.9 Å². The monoisotopic (exact) mass is 258 g/mol. The first kappa shape index (κ1) is 12.4. The number of hydrogen-bond donors (Lipinski definition) is 1. The molecule has 2 atom stereocenters. The van der Waals surface area contributed by atoms with Crippen LogP contribution in [0.1, 0.15) is 19.0 Å². The highest BCUT2D eigenvalue weighted by Crippen LogP contribution is 2.31. The zero-order chi connectivity index (χ0) is 11.4. The lowest BCUT2D eigenvalue weighted by molar-refractivity contribution is 0.0837. The van der Waals surface area contributed by atoms with Gasteiger partial charge in [-0.3, -0.25) is 0 Å². The normalized spacial score (nSPS) is 25.9. The predicted octanol–water partition coefficient (Wildman–Crippen LogP) is 2.31. The Balaban J connectivity index is 1.95. The summed E-state index contributed by atoms with van der Waals surface area (Å²) in [6, 6.07) is 0.563. The Morgan fingerprint density at radius 1 is 1.69 bits per heavy atom. The van der Waals surface area contributed by atoms with Crippen molar-refractivity contribution in [1.29, 1.82) is 0 Å². The number of thiazole rings is 1. The van der Waals surface area contributed by atoms with Crippen LogP contribution in [-0.4, -0.2) is 36.0 Å². The van der Waals surface area contributed by atoms with Crippen LogP contribution in [0.5, 0.6) is 0 Å². The van der Waals surface area contributed by atoms with Gasteiger partial charge in [0.2, 0.25) is 0 Å². The molecule has 0 spiro atoms. The second-order valence-electron chi connectivity index (χ2n) is 3.94. The number of thioether (sulfide) groups is 1. The zero-order valence-corrected chi connectivity index (χ0v) is 11.4. The molecule has 1 saturated heterocycles. The van der Waals surface area contributed by atoms with E-state index < -0.39 is 0 Å². The maximum Gasteiger partial charge on any atom is 0.150 e. The summed E-state index contributed by atoms with van der Waals surface area (Å²) in [6.07, 6.45) is 1.11. The van der Waals surface area contributed by atoms with E-state index in [9.17, 15) is 0 Å². The lowest BCUT2D eigenvalue weighted by Gasteiger charge is -2.30. The number of nitrogens with zero attached hydrogens (tertiary/aromatic N) is 1. The molecule has 0 bridgehead atoms. The number of aromatic nitrogens is 1. The molecule has 2 rings (SSSR count). The smallest absolute Gasteiger partial charge is 0.150 e. The van der Waals surface area contributed by atoms with Gasteiger partial charge >= 0.3 is 0 Å². The molecule has 5 heteroatoms. The van der Waals surface area contributed by atoms with Gasteiger partial charge in [-0.15, -0.1) is 11.3 Å². The average molecular weight is 258 g/mol. The van der Waals surface area contributed by atoms with E-state index in [0.717, 1.165) is 36.2 Å². The van der Waals surface area contributed by atoms with Crippen LogP contribution in [0.25, 0.3) is 0 Å². The highest BCUT2D eigenvalue weighted by molar-refractivity contribution is 8.01. The topological polar surface area (TPSA) is 34.1 Å². The minimum absolute atomic E-state index is 0.499. The Bertz CT molecular complexity index is 328.